The Kier molecular flexibility index (Phi) is 6.26. The van der Waals surface area contributed by atoms with Crippen LogP contribution in [0.3, 0.4) is 0 Å². The van der Waals surface area contributed by atoms with Gasteiger partial charge in [-0.2, -0.15) is 0 Å². The monoisotopic (exact) mass is 262 g/mol. The van der Waals surface area contributed by atoms with Crippen LogP contribution in [-0.4, -0.2) is 22.9 Å². The Morgan fingerprint density at radius 2 is 1.84 bits per heavy atom. The highest BCUT2D eigenvalue weighted by Gasteiger charge is 2.15. The molecule has 1 aromatic rings. The van der Waals surface area contributed by atoms with Crippen LogP contribution in [0.5, 0.6) is 0 Å². The molecule has 0 fully saturated rings. The summed E-state index contributed by atoms with van der Waals surface area (Å²) in [6.07, 6.45) is 3.72. The van der Waals surface area contributed by atoms with E-state index in [0.717, 1.165) is 12.0 Å². The Balaban J connectivity index is 2.62. The molecule has 0 aliphatic carbocycles. The number of allylic oxidation sites excluding steroid dienone is 1. The van der Waals surface area contributed by atoms with Crippen molar-refractivity contribution in [3.05, 3.63) is 47.5 Å². The zero-order chi connectivity index (χ0) is 14.3. The molecule has 0 radical (unpaired) electrons. The van der Waals surface area contributed by atoms with E-state index in [-0.39, 0.29) is 12.0 Å². The zero-order valence-corrected chi connectivity index (χ0v) is 12.3. The Labute approximate surface area is 116 Å². The van der Waals surface area contributed by atoms with E-state index >= 15 is 0 Å². The summed E-state index contributed by atoms with van der Waals surface area (Å²) in [5, 5.41) is 19.4. The summed E-state index contributed by atoms with van der Waals surface area (Å²) in [6, 6.07) is 10.2. The summed E-state index contributed by atoms with van der Waals surface area (Å²) < 4.78 is 0. The first-order valence-electron chi connectivity index (χ1n) is 6.97. The SMILES string of the molecule is CC(C)(C)/C=C(\CCO)C(O)CCc1ccccc1. The maximum absolute atomic E-state index is 10.3. The molecular formula is C17H26O2. The lowest BCUT2D eigenvalue weighted by Gasteiger charge is -2.20. The molecule has 0 spiro atoms. The molecule has 0 saturated carbocycles. The third-order valence-electron chi connectivity index (χ3n) is 3.00. The van der Waals surface area contributed by atoms with Crippen molar-refractivity contribution in [2.75, 3.05) is 6.61 Å². The first kappa shape index (κ1) is 15.9. The van der Waals surface area contributed by atoms with Gasteiger partial charge in [-0.15, -0.1) is 0 Å². The first-order valence-corrected chi connectivity index (χ1v) is 6.97. The fourth-order valence-electron chi connectivity index (χ4n) is 2.15. The molecule has 2 heteroatoms. The highest BCUT2D eigenvalue weighted by Crippen LogP contribution is 2.23. The number of hydrogen-bond donors (Lipinski definition) is 2. The van der Waals surface area contributed by atoms with Gasteiger partial charge in [-0.3, -0.25) is 0 Å². The van der Waals surface area contributed by atoms with Crippen LogP contribution < -0.4 is 0 Å². The average molecular weight is 262 g/mol. The van der Waals surface area contributed by atoms with E-state index in [4.69, 9.17) is 5.11 Å². The Morgan fingerprint density at radius 1 is 1.21 bits per heavy atom. The summed E-state index contributed by atoms with van der Waals surface area (Å²) in [6.45, 7) is 6.40. The molecule has 0 aliphatic heterocycles. The van der Waals surface area contributed by atoms with Crippen LogP contribution in [0.1, 0.15) is 39.2 Å². The van der Waals surface area contributed by atoms with E-state index in [1.165, 1.54) is 5.56 Å². The van der Waals surface area contributed by atoms with Crippen molar-refractivity contribution >= 4 is 0 Å². The van der Waals surface area contributed by atoms with Crippen LogP contribution in [0.2, 0.25) is 0 Å². The fraction of sp³-hybridized carbons (Fsp3) is 0.529. The van der Waals surface area contributed by atoms with Gasteiger partial charge in [0.25, 0.3) is 0 Å². The van der Waals surface area contributed by atoms with Gasteiger partial charge in [0.1, 0.15) is 0 Å². The summed E-state index contributed by atoms with van der Waals surface area (Å²) >= 11 is 0. The topological polar surface area (TPSA) is 40.5 Å². The summed E-state index contributed by atoms with van der Waals surface area (Å²) in [4.78, 5) is 0. The van der Waals surface area contributed by atoms with Crippen LogP contribution in [0, 0.1) is 5.41 Å². The molecule has 0 aromatic heterocycles. The second-order valence-corrected chi connectivity index (χ2v) is 6.10. The van der Waals surface area contributed by atoms with Crippen molar-refractivity contribution in [1.29, 1.82) is 0 Å². The van der Waals surface area contributed by atoms with Crippen molar-refractivity contribution in [3.63, 3.8) is 0 Å². The van der Waals surface area contributed by atoms with Gasteiger partial charge < -0.3 is 10.2 Å². The van der Waals surface area contributed by atoms with E-state index in [2.05, 4.69) is 39.0 Å². The average Bonchev–Trinajstić information content (AvgIpc) is 2.35. The van der Waals surface area contributed by atoms with Gasteiger partial charge in [-0.25, -0.2) is 0 Å². The molecule has 0 saturated heterocycles. The first-order chi connectivity index (χ1) is 8.92. The molecule has 1 atom stereocenters. The standard InChI is InChI=1S/C17H26O2/c1-17(2,3)13-15(11-12-18)16(19)10-9-14-7-5-4-6-8-14/h4-8,13,16,18-19H,9-12H2,1-3H3/b15-13+. The molecule has 0 bridgehead atoms. The maximum Gasteiger partial charge on any atom is 0.0754 e. The molecule has 2 N–H and O–H groups in total. The molecule has 1 aromatic carbocycles. The molecule has 0 amide bonds. The van der Waals surface area contributed by atoms with E-state index in [0.29, 0.717) is 12.8 Å². The summed E-state index contributed by atoms with van der Waals surface area (Å²) in [5.74, 6) is 0. The molecule has 0 heterocycles. The molecule has 2 nitrogen and oxygen atoms in total. The highest BCUT2D eigenvalue weighted by atomic mass is 16.3. The van der Waals surface area contributed by atoms with Crippen molar-refractivity contribution in [2.24, 2.45) is 5.41 Å². The third kappa shape index (κ3) is 6.55. The van der Waals surface area contributed by atoms with Gasteiger partial charge in [0.2, 0.25) is 0 Å². The van der Waals surface area contributed by atoms with Gasteiger partial charge in [0, 0.05) is 6.61 Å². The highest BCUT2D eigenvalue weighted by molar-refractivity contribution is 5.17. The number of aliphatic hydroxyl groups is 2. The fourth-order valence-corrected chi connectivity index (χ4v) is 2.15. The number of aliphatic hydroxyl groups excluding tert-OH is 2. The number of benzene rings is 1. The number of aryl methyl sites for hydroxylation is 1. The zero-order valence-electron chi connectivity index (χ0n) is 12.3. The Hall–Kier alpha value is -1.12. The summed E-state index contributed by atoms with van der Waals surface area (Å²) in [5.41, 5.74) is 2.21. The van der Waals surface area contributed by atoms with Crippen molar-refractivity contribution in [2.45, 2.75) is 46.1 Å². The van der Waals surface area contributed by atoms with Crippen LogP contribution in [0.25, 0.3) is 0 Å². The van der Waals surface area contributed by atoms with Gasteiger partial charge in [0.05, 0.1) is 6.10 Å². The minimum absolute atomic E-state index is 0.0260. The van der Waals surface area contributed by atoms with Crippen molar-refractivity contribution in [1.82, 2.24) is 0 Å². The van der Waals surface area contributed by atoms with E-state index < -0.39 is 6.10 Å². The third-order valence-corrected chi connectivity index (χ3v) is 3.00. The van der Waals surface area contributed by atoms with Gasteiger partial charge in [0.15, 0.2) is 0 Å². The molecule has 106 valence electrons. The largest absolute Gasteiger partial charge is 0.396 e. The second-order valence-electron chi connectivity index (χ2n) is 6.10. The Morgan fingerprint density at radius 3 is 2.37 bits per heavy atom. The van der Waals surface area contributed by atoms with Crippen molar-refractivity contribution in [3.8, 4) is 0 Å². The molecule has 1 rings (SSSR count). The molecule has 0 aliphatic rings. The second kappa shape index (κ2) is 7.46. The van der Waals surface area contributed by atoms with Gasteiger partial charge in [-0.1, -0.05) is 57.2 Å². The van der Waals surface area contributed by atoms with Gasteiger partial charge in [-0.05, 0) is 35.8 Å². The minimum Gasteiger partial charge on any atom is -0.396 e. The number of rotatable bonds is 6. The predicted octanol–water partition coefficient (Wildman–Crippen LogP) is 3.34. The lowest BCUT2D eigenvalue weighted by Crippen LogP contribution is -2.16. The lowest BCUT2D eigenvalue weighted by molar-refractivity contribution is 0.186. The Bertz CT molecular complexity index is 387. The number of hydrogen-bond acceptors (Lipinski definition) is 2. The normalized spacial score (nSPS) is 14.5. The lowest BCUT2D eigenvalue weighted by atomic mass is 9.89. The van der Waals surface area contributed by atoms with Crippen molar-refractivity contribution < 1.29 is 10.2 Å². The molecule has 19 heavy (non-hydrogen) atoms. The van der Waals surface area contributed by atoms with E-state index in [1.54, 1.807) is 0 Å². The van der Waals surface area contributed by atoms with E-state index in [1.807, 2.05) is 18.2 Å². The van der Waals surface area contributed by atoms with E-state index in [9.17, 15) is 5.11 Å². The molecular weight excluding hydrogens is 236 g/mol. The van der Waals surface area contributed by atoms with Crippen LogP contribution in [-0.2, 0) is 6.42 Å². The molecule has 1 unspecified atom stereocenters. The van der Waals surface area contributed by atoms with Crippen LogP contribution >= 0.6 is 0 Å². The van der Waals surface area contributed by atoms with Gasteiger partial charge >= 0.3 is 0 Å². The maximum atomic E-state index is 10.3. The van der Waals surface area contributed by atoms with Crippen LogP contribution in [0.4, 0.5) is 0 Å². The quantitative estimate of drug-likeness (QED) is 0.772. The smallest absolute Gasteiger partial charge is 0.0754 e. The summed E-state index contributed by atoms with van der Waals surface area (Å²) in [7, 11) is 0. The minimum atomic E-state index is -0.466. The van der Waals surface area contributed by atoms with Crippen LogP contribution in [0.15, 0.2) is 42.0 Å². The predicted molar refractivity (Wildman–Crippen MR) is 80.0 cm³/mol.